The number of carboxylic acids is 5. The highest BCUT2D eigenvalue weighted by Gasteiger charge is 2.34. The van der Waals surface area contributed by atoms with Crippen LogP contribution in [0.5, 0.6) is 17.2 Å². The molecule has 0 saturated carbocycles. The summed E-state index contributed by atoms with van der Waals surface area (Å²) in [5.74, 6) is -8.68. The standard InChI is InChI=1S/C99H124FN17O21S/c100-70-15-19-72(20-16-70)110-90(125)32-43-112(41-30-86(121)103-33-6-2-1-4-11-89(124)109-71-17-12-66(13-18-71)53-74-61-115(64-94(131)132)49-48-113(62-92(127)128)46-47-114(63-93(129)130)50-51-116(74)65-95(133)134)45-44-111(42-31-88(123)105-36-37-107-98(139)67-14-24-80(83(57-67)99(136)137)96-78-25-21-75(118)55-68(78)54-69-56-76(119)22-26-79(69)96)40-29-87(122)104-34-7-3-5-10-85(120)106-38-52-138-77-23-27-84-82(58-77)81(28-35-102-84)97(135)108-60-91(126)117-39-8-9-73(117)59-101/h12-28,35,55-58,73-74,96,118-119H,1-11,29-34,36-54,60-65H2,(H,103,121)(H,104,122)(H,105,123)(H,106,120)(H,107,139)(H,108,135)(H,109,124)(H,110,125)(H,127,128)(H,129,130)(H,131,132)(H,133,134)(H,136,137). The number of anilines is 2. The number of halogens is 1. The van der Waals surface area contributed by atoms with E-state index in [1.807, 2.05) is 9.80 Å². The number of hydrogen-bond acceptors (Lipinski definition) is 25. The summed E-state index contributed by atoms with van der Waals surface area (Å²) < 4.78 is 19.8. The molecule has 139 heavy (non-hydrogen) atoms. The molecule has 2 saturated heterocycles. The minimum absolute atomic E-state index is 0.00545. The Bertz CT molecular complexity index is 5430. The van der Waals surface area contributed by atoms with Crippen LogP contribution in [0.2, 0.25) is 0 Å². The lowest BCUT2D eigenvalue weighted by molar-refractivity contribution is -0.142. The minimum Gasteiger partial charge on any atom is -0.508 e. The van der Waals surface area contributed by atoms with Crippen molar-refractivity contribution in [3.05, 3.63) is 189 Å². The van der Waals surface area contributed by atoms with E-state index in [1.165, 1.54) is 47.5 Å². The molecular weight excluding hydrogens is 1810 g/mol. The molecule has 3 aliphatic rings. The molecule has 40 heteroatoms. The molecule has 2 atom stereocenters. The van der Waals surface area contributed by atoms with Gasteiger partial charge in [0.2, 0.25) is 41.4 Å². The third-order valence-electron chi connectivity index (χ3n) is 24.4. The van der Waals surface area contributed by atoms with Crippen LogP contribution in [-0.4, -0.2) is 333 Å². The smallest absolute Gasteiger partial charge is 0.336 e. The summed E-state index contributed by atoms with van der Waals surface area (Å²) >= 11 is 5.76. The van der Waals surface area contributed by atoms with E-state index >= 15 is 0 Å². The molecule has 10 rings (SSSR count). The largest absolute Gasteiger partial charge is 0.508 e. The fourth-order valence-corrected chi connectivity index (χ4v) is 17.4. The van der Waals surface area contributed by atoms with Crippen LogP contribution in [0.4, 0.5) is 15.8 Å². The first-order chi connectivity index (χ1) is 66.9. The quantitative estimate of drug-likeness (QED) is 0.0152. The number of aromatic nitrogens is 1. The molecule has 3 heterocycles. The molecule has 1 aliphatic carbocycles. The Morgan fingerprint density at radius 3 is 1.58 bits per heavy atom. The van der Waals surface area contributed by atoms with Crippen molar-refractivity contribution in [1.82, 2.24) is 71.2 Å². The number of thiocarbonyl (C=S) groups is 1. The van der Waals surface area contributed by atoms with E-state index < -0.39 is 72.7 Å². The fourth-order valence-electron chi connectivity index (χ4n) is 17.2. The number of phenolic OH excluding ortho intramolecular Hbond substituents is 2. The average Bonchev–Trinajstić information content (AvgIpc) is 1.09. The number of likely N-dealkylation sites (tertiary alicyclic amines) is 1. The highest BCUT2D eigenvalue weighted by Crippen LogP contribution is 2.44. The number of phenols is 2. The van der Waals surface area contributed by atoms with Gasteiger partial charge in [-0.3, -0.25) is 82.1 Å². The Morgan fingerprint density at radius 2 is 0.993 bits per heavy atom. The normalized spacial score (nSPS) is 14.9. The van der Waals surface area contributed by atoms with Crippen molar-refractivity contribution >= 4 is 117 Å². The van der Waals surface area contributed by atoms with Crippen molar-refractivity contribution in [3.8, 4) is 23.3 Å². The number of benzene rings is 6. The summed E-state index contributed by atoms with van der Waals surface area (Å²) in [7, 11) is 0. The predicted molar refractivity (Wildman–Crippen MR) is 517 cm³/mol. The van der Waals surface area contributed by atoms with Crippen LogP contribution in [-0.2, 0) is 65.6 Å². The van der Waals surface area contributed by atoms with Gasteiger partial charge in [-0.15, -0.1) is 0 Å². The van der Waals surface area contributed by atoms with Gasteiger partial charge in [0.05, 0.1) is 62.0 Å². The lowest BCUT2D eigenvalue weighted by atomic mass is 9.73. The van der Waals surface area contributed by atoms with Crippen LogP contribution in [0, 0.1) is 17.1 Å². The van der Waals surface area contributed by atoms with E-state index in [-0.39, 0.29) is 245 Å². The zero-order chi connectivity index (χ0) is 99.7. The summed E-state index contributed by atoms with van der Waals surface area (Å²) in [4.78, 5) is 184. The van der Waals surface area contributed by atoms with Crippen LogP contribution in [0.3, 0.4) is 0 Å². The number of aromatic carboxylic acids is 1. The second-order valence-electron chi connectivity index (χ2n) is 34.7. The number of amides is 8. The number of nitrogens with zero attached hydrogens (tertiary/aromatic N) is 9. The molecule has 2 fully saturated rings. The van der Waals surface area contributed by atoms with Crippen LogP contribution in [0.1, 0.15) is 162 Å². The summed E-state index contributed by atoms with van der Waals surface area (Å²) in [5.41, 5.74) is 6.49. The van der Waals surface area contributed by atoms with Crippen molar-refractivity contribution in [1.29, 1.82) is 5.26 Å². The topological polar surface area (TPSA) is 528 Å². The maximum absolute atomic E-state index is 13.9. The minimum atomic E-state index is -1.19. The van der Waals surface area contributed by atoms with Crippen LogP contribution in [0.15, 0.2) is 134 Å². The number of nitriles is 1. The Balaban J connectivity index is 0.695. The van der Waals surface area contributed by atoms with E-state index in [1.54, 1.807) is 111 Å². The SMILES string of the molecule is N#CC1CCCN1C(=O)CNC(=O)c1ccnc2ccc(OCCNC(=O)CCCCCNC(=O)CCN(CCC(=O)NCCNC(=S)c3ccc(C4c5ccc(O)cc5Cc5cc(O)ccc54)c(C(=O)O)c3)CCN(CCC(=O)NCCCCCCC(=O)Nc3ccc(CC4CN(CC(=O)O)CCN(CC(=O)O)CCN(CC(=O)O)CCN4CC(=O)O)cc3)CCC(=O)Nc3ccc(F)cc3)cc12. The summed E-state index contributed by atoms with van der Waals surface area (Å²) in [6.45, 7) is 2.19. The second kappa shape index (κ2) is 55.6. The summed E-state index contributed by atoms with van der Waals surface area (Å²) in [6.07, 6.45) is 8.11. The molecule has 2 unspecified atom stereocenters. The fraction of sp³-hybridized carbons (Fsp3) is 0.455. The first kappa shape index (κ1) is 107. The number of nitrogens with one attached hydrogen (secondary N) is 8. The molecule has 0 bridgehead atoms. The van der Waals surface area contributed by atoms with Crippen molar-refractivity contribution < 1.29 is 107 Å². The number of fused-ring (bicyclic) bond motifs is 3. The van der Waals surface area contributed by atoms with Gasteiger partial charge in [0.15, 0.2) is 0 Å². The van der Waals surface area contributed by atoms with Gasteiger partial charge in [0, 0.05) is 197 Å². The molecule has 15 N–H and O–H groups in total. The maximum Gasteiger partial charge on any atom is 0.336 e. The molecule has 6 aromatic carbocycles. The number of hydrogen-bond donors (Lipinski definition) is 15. The van der Waals surface area contributed by atoms with Crippen molar-refractivity contribution in [2.45, 2.75) is 127 Å². The summed E-state index contributed by atoms with van der Waals surface area (Å²) in [5, 5.41) is 104. The van der Waals surface area contributed by atoms with E-state index in [4.69, 9.17) is 17.0 Å². The highest BCUT2D eigenvalue weighted by molar-refractivity contribution is 7.80. The van der Waals surface area contributed by atoms with Gasteiger partial charge in [-0.2, -0.15) is 5.26 Å². The lowest BCUT2D eigenvalue weighted by Crippen LogP contribution is -2.53. The molecule has 38 nitrogen and oxygen atoms in total. The Labute approximate surface area is 810 Å². The Morgan fingerprint density at radius 1 is 0.489 bits per heavy atom. The first-order valence-corrected chi connectivity index (χ1v) is 47.3. The molecule has 2 aliphatic heterocycles. The first-order valence-electron chi connectivity index (χ1n) is 46.9. The van der Waals surface area contributed by atoms with E-state index in [0.717, 1.165) is 27.8 Å². The van der Waals surface area contributed by atoms with Crippen molar-refractivity contribution in [2.75, 3.05) is 174 Å². The Kier molecular flexibility index (Phi) is 43.0. The number of aliphatic carboxylic acids is 4. The monoisotopic (exact) mass is 1940 g/mol. The number of pyridine rings is 1. The number of rotatable bonds is 53. The van der Waals surface area contributed by atoms with Gasteiger partial charge < -0.3 is 97.7 Å². The van der Waals surface area contributed by atoms with E-state index in [0.29, 0.717) is 123 Å². The summed E-state index contributed by atoms with van der Waals surface area (Å²) in [6, 6.07) is 34.7. The maximum atomic E-state index is 13.9. The molecule has 8 amide bonds. The zero-order valence-electron chi connectivity index (χ0n) is 77.8. The van der Waals surface area contributed by atoms with Crippen molar-refractivity contribution in [3.63, 3.8) is 0 Å². The van der Waals surface area contributed by atoms with Crippen LogP contribution < -0.4 is 47.3 Å². The number of aromatic hydroxyl groups is 2. The number of carboxylic acid groups (broad SMARTS) is 5. The van der Waals surface area contributed by atoms with Gasteiger partial charge in [0.1, 0.15) is 40.7 Å². The Hall–Kier alpha value is -13.7. The zero-order valence-corrected chi connectivity index (χ0v) is 78.6. The number of unbranched alkanes of at least 4 members (excludes halogenated alkanes) is 5. The lowest BCUT2D eigenvalue weighted by Gasteiger charge is -2.37. The average molecular weight is 1940 g/mol. The number of carbonyl (C=O) groups is 13. The van der Waals surface area contributed by atoms with Crippen molar-refractivity contribution in [2.24, 2.45) is 0 Å². The third kappa shape index (κ3) is 36.3. The molecule has 7 aromatic rings. The number of ether oxygens (including phenoxy) is 1. The predicted octanol–water partition coefficient (Wildman–Crippen LogP) is 6.04. The molecule has 744 valence electrons. The molecule has 0 spiro atoms. The van der Waals surface area contributed by atoms with E-state index in [2.05, 4.69) is 53.6 Å². The molecular formula is C99H124FN17O21S. The van der Waals surface area contributed by atoms with Gasteiger partial charge >= 0.3 is 29.8 Å². The van der Waals surface area contributed by atoms with Crippen LogP contribution in [0.25, 0.3) is 10.9 Å². The third-order valence-corrected chi connectivity index (χ3v) is 24.8. The van der Waals surface area contributed by atoms with Gasteiger partial charge in [-0.05, 0) is 176 Å². The molecule has 1 aromatic heterocycles. The van der Waals surface area contributed by atoms with E-state index in [9.17, 15) is 108 Å². The van der Waals surface area contributed by atoms with Gasteiger partial charge in [-0.25, -0.2) is 9.18 Å². The van der Waals surface area contributed by atoms with Gasteiger partial charge in [-0.1, -0.05) is 67.9 Å². The van der Waals surface area contributed by atoms with Gasteiger partial charge in [0.25, 0.3) is 5.91 Å². The highest BCUT2D eigenvalue weighted by atomic mass is 32.1. The van der Waals surface area contributed by atoms with Crippen LogP contribution >= 0.6 is 12.2 Å². The number of carbonyl (C=O) groups excluding carboxylic acids is 8. The molecule has 0 radical (unpaired) electrons. The second-order valence-corrected chi connectivity index (χ2v) is 35.1.